The number of aromatic nitrogens is 4. The molecular weight excluding hydrogens is 519 g/mol. The van der Waals surface area contributed by atoms with Gasteiger partial charge in [-0.25, -0.2) is 9.50 Å². The Morgan fingerprint density at radius 3 is 2.58 bits per heavy atom. The van der Waals surface area contributed by atoms with Gasteiger partial charge in [-0.1, -0.05) is 18.9 Å². The number of likely N-dealkylation sites (N-methyl/N-ethyl adjacent to an activating group) is 1. The number of amides is 1. The SMILES string of the molecule is CCN1CCN(Cc2ccc(NC(=O)Cc3cc(C#Cc4cnc5cccnn45)ccn3)cc2C(F)(F)F)CC1. The monoisotopic (exact) mass is 547 g/mol. The summed E-state index contributed by atoms with van der Waals surface area (Å²) in [4.78, 5) is 25.5. The van der Waals surface area contributed by atoms with Gasteiger partial charge in [0.25, 0.3) is 0 Å². The lowest BCUT2D eigenvalue weighted by atomic mass is 10.0. The van der Waals surface area contributed by atoms with E-state index in [0.29, 0.717) is 22.6 Å². The largest absolute Gasteiger partial charge is 0.416 e. The van der Waals surface area contributed by atoms with Gasteiger partial charge in [0, 0.05) is 56.4 Å². The molecule has 1 N–H and O–H groups in total. The normalized spacial score (nSPS) is 14.6. The molecule has 1 aliphatic rings. The Balaban J connectivity index is 1.25. The van der Waals surface area contributed by atoms with E-state index in [9.17, 15) is 18.0 Å². The number of imidazole rings is 1. The molecule has 40 heavy (non-hydrogen) atoms. The van der Waals surface area contributed by atoms with Crippen LogP contribution >= 0.6 is 0 Å². The smallest absolute Gasteiger partial charge is 0.326 e. The minimum absolute atomic E-state index is 0.0907. The van der Waals surface area contributed by atoms with E-state index in [1.165, 1.54) is 18.3 Å². The summed E-state index contributed by atoms with van der Waals surface area (Å²) in [7, 11) is 0. The van der Waals surface area contributed by atoms with Crippen LogP contribution in [0.5, 0.6) is 0 Å². The van der Waals surface area contributed by atoms with Crippen molar-refractivity contribution < 1.29 is 18.0 Å². The topological polar surface area (TPSA) is 78.7 Å². The molecule has 0 atom stereocenters. The lowest BCUT2D eigenvalue weighted by Gasteiger charge is -2.34. The van der Waals surface area contributed by atoms with Gasteiger partial charge in [0.05, 0.1) is 23.9 Å². The van der Waals surface area contributed by atoms with Crippen molar-refractivity contribution in [2.45, 2.75) is 26.1 Å². The number of halogens is 3. The minimum Gasteiger partial charge on any atom is -0.326 e. The van der Waals surface area contributed by atoms with Crippen LogP contribution in [0, 0.1) is 11.8 Å². The Hall–Kier alpha value is -4.27. The number of nitrogens with zero attached hydrogens (tertiary/aromatic N) is 6. The molecule has 1 aliphatic heterocycles. The van der Waals surface area contributed by atoms with Crippen molar-refractivity contribution in [3.05, 3.63) is 89.1 Å². The van der Waals surface area contributed by atoms with Crippen LogP contribution in [-0.2, 0) is 23.9 Å². The molecule has 206 valence electrons. The molecule has 1 fully saturated rings. The summed E-state index contributed by atoms with van der Waals surface area (Å²) in [6, 6.07) is 11.0. The summed E-state index contributed by atoms with van der Waals surface area (Å²) in [5.41, 5.74) is 1.92. The highest BCUT2D eigenvalue weighted by Gasteiger charge is 2.34. The molecule has 5 rings (SSSR count). The van der Waals surface area contributed by atoms with Gasteiger partial charge in [-0.2, -0.15) is 18.3 Å². The second-order valence-corrected chi connectivity index (χ2v) is 9.53. The zero-order chi connectivity index (χ0) is 28.1. The van der Waals surface area contributed by atoms with Gasteiger partial charge >= 0.3 is 6.18 Å². The molecule has 8 nitrogen and oxygen atoms in total. The molecule has 1 saturated heterocycles. The first-order valence-electron chi connectivity index (χ1n) is 13.0. The van der Waals surface area contributed by atoms with Crippen LogP contribution in [0.25, 0.3) is 5.65 Å². The predicted octanol–water partition coefficient (Wildman–Crippen LogP) is 3.86. The predicted molar refractivity (Wildman–Crippen MR) is 144 cm³/mol. The summed E-state index contributed by atoms with van der Waals surface area (Å²) in [6.07, 6.45) is 0.153. The molecular formula is C29H28F3N7O. The molecule has 0 bridgehead atoms. The Bertz CT molecular complexity index is 1560. The number of benzene rings is 1. The van der Waals surface area contributed by atoms with Crippen LogP contribution < -0.4 is 5.32 Å². The van der Waals surface area contributed by atoms with Crippen LogP contribution in [-0.4, -0.2) is 68.0 Å². The summed E-state index contributed by atoms with van der Waals surface area (Å²) >= 11 is 0. The zero-order valence-corrected chi connectivity index (χ0v) is 21.9. The van der Waals surface area contributed by atoms with Crippen LogP contribution in [0.3, 0.4) is 0 Å². The molecule has 0 unspecified atom stereocenters. The van der Waals surface area contributed by atoms with Gasteiger partial charge < -0.3 is 10.2 Å². The molecule has 0 spiro atoms. The third-order valence-corrected chi connectivity index (χ3v) is 6.78. The second kappa shape index (κ2) is 11.9. The maximum atomic E-state index is 13.9. The van der Waals surface area contributed by atoms with Crippen molar-refractivity contribution in [3.8, 4) is 11.8 Å². The van der Waals surface area contributed by atoms with Gasteiger partial charge in [-0.05, 0) is 54.4 Å². The second-order valence-electron chi connectivity index (χ2n) is 9.53. The highest BCUT2D eigenvalue weighted by atomic mass is 19.4. The van der Waals surface area contributed by atoms with Crippen molar-refractivity contribution in [2.24, 2.45) is 0 Å². The fourth-order valence-electron chi connectivity index (χ4n) is 4.63. The van der Waals surface area contributed by atoms with Gasteiger partial charge in [0.15, 0.2) is 5.65 Å². The Morgan fingerprint density at radius 1 is 1.00 bits per heavy atom. The molecule has 3 aromatic heterocycles. The fourth-order valence-corrected chi connectivity index (χ4v) is 4.63. The van der Waals surface area contributed by atoms with Crippen LogP contribution in [0.15, 0.2) is 61.1 Å². The Kier molecular flexibility index (Phi) is 8.09. The first kappa shape index (κ1) is 27.3. The summed E-state index contributed by atoms with van der Waals surface area (Å²) in [6.45, 7) is 6.34. The molecule has 4 aromatic rings. The van der Waals surface area contributed by atoms with Gasteiger partial charge in [-0.3, -0.25) is 14.7 Å². The van der Waals surface area contributed by atoms with Crippen LogP contribution in [0.2, 0.25) is 0 Å². The number of hydrogen-bond donors (Lipinski definition) is 1. The quantitative estimate of drug-likeness (QED) is 0.370. The number of carbonyl (C=O) groups is 1. The zero-order valence-electron chi connectivity index (χ0n) is 21.9. The number of piperazine rings is 1. The van der Waals surface area contributed by atoms with Gasteiger partial charge in [0.1, 0.15) is 5.69 Å². The lowest BCUT2D eigenvalue weighted by Crippen LogP contribution is -2.45. The summed E-state index contributed by atoms with van der Waals surface area (Å²) in [5.74, 6) is 5.56. The Morgan fingerprint density at radius 2 is 1.80 bits per heavy atom. The van der Waals surface area contributed by atoms with Crippen LogP contribution in [0.1, 0.15) is 35.0 Å². The van der Waals surface area contributed by atoms with Crippen molar-refractivity contribution in [2.75, 3.05) is 38.0 Å². The molecule has 11 heteroatoms. The van der Waals surface area contributed by atoms with E-state index in [1.807, 2.05) is 11.0 Å². The number of pyridine rings is 1. The number of nitrogens with one attached hydrogen (secondary N) is 1. The third-order valence-electron chi connectivity index (χ3n) is 6.78. The third kappa shape index (κ3) is 6.65. The number of anilines is 1. The van der Waals surface area contributed by atoms with E-state index in [2.05, 4.69) is 44.0 Å². The molecule has 0 radical (unpaired) electrons. The molecule has 0 saturated carbocycles. The first-order chi connectivity index (χ1) is 19.3. The van der Waals surface area contributed by atoms with Crippen LogP contribution in [0.4, 0.5) is 18.9 Å². The first-order valence-corrected chi connectivity index (χ1v) is 13.0. The van der Waals surface area contributed by atoms with Crippen molar-refractivity contribution in [1.29, 1.82) is 0 Å². The van der Waals surface area contributed by atoms with E-state index in [4.69, 9.17) is 0 Å². The number of fused-ring (bicyclic) bond motifs is 1. The number of carbonyl (C=O) groups excluding carboxylic acids is 1. The van der Waals surface area contributed by atoms with E-state index < -0.39 is 17.6 Å². The van der Waals surface area contributed by atoms with Gasteiger partial charge in [0.2, 0.25) is 5.91 Å². The van der Waals surface area contributed by atoms with Crippen molar-refractivity contribution in [3.63, 3.8) is 0 Å². The van der Waals surface area contributed by atoms with E-state index in [1.54, 1.807) is 35.1 Å². The molecule has 0 aliphatic carbocycles. The maximum absolute atomic E-state index is 13.9. The average Bonchev–Trinajstić information content (AvgIpc) is 3.36. The summed E-state index contributed by atoms with van der Waals surface area (Å²) < 4.78 is 43.4. The average molecular weight is 548 g/mol. The highest BCUT2D eigenvalue weighted by molar-refractivity contribution is 5.92. The number of alkyl halides is 3. The molecule has 1 aromatic carbocycles. The van der Waals surface area contributed by atoms with E-state index in [0.717, 1.165) is 38.8 Å². The van der Waals surface area contributed by atoms with E-state index in [-0.39, 0.29) is 24.2 Å². The maximum Gasteiger partial charge on any atom is 0.416 e. The van der Waals surface area contributed by atoms with Crippen molar-refractivity contribution >= 4 is 17.2 Å². The highest BCUT2D eigenvalue weighted by Crippen LogP contribution is 2.34. The minimum atomic E-state index is -4.54. The Labute approximate surface area is 229 Å². The number of rotatable bonds is 6. The fraction of sp³-hybridized carbons (Fsp3) is 0.310. The molecule has 1 amide bonds. The van der Waals surface area contributed by atoms with E-state index >= 15 is 0 Å². The summed E-state index contributed by atoms with van der Waals surface area (Å²) in [5, 5.41) is 6.81. The number of hydrogen-bond acceptors (Lipinski definition) is 6. The molecule has 4 heterocycles. The standard InChI is InChI=1S/C29H28F3N7O/c1-2-37-12-14-38(15-13-37)20-22-6-7-23(17-26(22)29(30,31)32)36-28(40)18-24-16-21(9-11-33-24)5-8-25-19-34-27-4-3-10-35-39(25)27/h3-4,6-7,9-11,16-17,19H,2,12-15,18,20H2,1H3,(H,36,40). The lowest BCUT2D eigenvalue weighted by molar-refractivity contribution is -0.138. The van der Waals surface area contributed by atoms with Gasteiger partial charge in [-0.15, -0.1) is 0 Å². The van der Waals surface area contributed by atoms with Crippen molar-refractivity contribution in [1.82, 2.24) is 29.4 Å².